The molecule has 1 aliphatic rings. The molecule has 126 valence electrons. The van der Waals surface area contributed by atoms with E-state index >= 15 is 0 Å². The van der Waals surface area contributed by atoms with Gasteiger partial charge in [0.1, 0.15) is 5.82 Å². The summed E-state index contributed by atoms with van der Waals surface area (Å²) in [4.78, 5) is 17.3. The summed E-state index contributed by atoms with van der Waals surface area (Å²) in [6.07, 6.45) is 2.10. The van der Waals surface area contributed by atoms with Gasteiger partial charge in [0.25, 0.3) is 0 Å². The van der Waals surface area contributed by atoms with Gasteiger partial charge < -0.3 is 15.1 Å². The maximum atomic E-state index is 11.0. The summed E-state index contributed by atoms with van der Waals surface area (Å²) >= 11 is 0. The number of aromatic nitrogens is 1. The summed E-state index contributed by atoms with van der Waals surface area (Å²) in [6.45, 7) is 1.57. The molecule has 0 bridgehead atoms. The van der Waals surface area contributed by atoms with Crippen molar-refractivity contribution in [1.29, 1.82) is 0 Å². The first-order valence-corrected chi connectivity index (χ1v) is 8.31. The lowest BCUT2D eigenvalue weighted by molar-refractivity contribution is 0.0690. The van der Waals surface area contributed by atoms with Gasteiger partial charge in [-0.2, -0.15) is 0 Å². The number of nitrogens with zero attached hydrogens (tertiary/aromatic N) is 2. The van der Waals surface area contributed by atoms with Gasteiger partial charge in [-0.1, -0.05) is 36.4 Å². The van der Waals surface area contributed by atoms with Gasteiger partial charge in [-0.05, 0) is 42.9 Å². The van der Waals surface area contributed by atoms with Crippen LogP contribution in [0.1, 0.15) is 28.9 Å². The Morgan fingerprint density at radius 2 is 1.83 bits per heavy atom. The van der Waals surface area contributed by atoms with E-state index in [-0.39, 0.29) is 17.7 Å². The SMILES string of the molecule is O=C(O)c1cccc(N2CCC([C@H](O)Cc3ccccc3)CC2)n1. The van der Waals surface area contributed by atoms with Crippen LogP contribution in [0.3, 0.4) is 0 Å². The fourth-order valence-corrected chi connectivity index (χ4v) is 3.25. The number of aromatic carboxylic acids is 1. The first kappa shape index (κ1) is 16.5. The van der Waals surface area contributed by atoms with Crippen LogP contribution in [0.15, 0.2) is 48.5 Å². The molecule has 1 atom stereocenters. The van der Waals surface area contributed by atoms with E-state index in [2.05, 4.69) is 9.88 Å². The van der Waals surface area contributed by atoms with Crippen LogP contribution in [0.4, 0.5) is 5.82 Å². The number of rotatable bonds is 5. The van der Waals surface area contributed by atoms with Gasteiger partial charge in [0, 0.05) is 13.1 Å². The third-order valence-electron chi connectivity index (χ3n) is 4.65. The predicted octanol–water partition coefficient (Wildman–Crippen LogP) is 2.60. The first-order valence-electron chi connectivity index (χ1n) is 8.31. The largest absolute Gasteiger partial charge is 0.477 e. The number of aliphatic hydroxyl groups is 1. The van der Waals surface area contributed by atoms with Crippen LogP contribution in [0, 0.1) is 5.92 Å². The van der Waals surface area contributed by atoms with Gasteiger partial charge in [0.15, 0.2) is 5.69 Å². The fraction of sp³-hybridized carbons (Fsp3) is 0.368. The molecule has 1 aromatic carbocycles. The minimum atomic E-state index is -1.01. The Morgan fingerprint density at radius 3 is 2.50 bits per heavy atom. The highest BCUT2D eigenvalue weighted by atomic mass is 16.4. The third-order valence-corrected chi connectivity index (χ3v) is 4.65. The van der Waals surface area contributed by atoms with Crippen molar-refractivity contribution in [2.45, 2.75) is 25.4 Å². The highest BCUT2D eigenvalue weighted by Gasteiger charge is 2.26. The van der Waals surface area contributed by atoms with Gasteiger partial charge in [0.2, 0.25) is 0 Å². The number of carboxylic acids is 1. The van der Waals surface area contributed by atoms with E-state index in [0.29, 0.717) is 12.2 Å². The van der Waals surface area contributed by atoms with Crippen LogP contribution < -0.4 is 4.90 Å². The molecule has 0 spiro atoms. The van der Waals surface area contributed by atoms with Crippen LogP contribution >= 0.6 is 0 Å². The van der Waals surface area contributed by atoms with Crippen LogP contribution in [0.5, 0.6) is 0 Å². The van der Waals surface area contributed by atoms with Crippen LogP contribution in [0.25, 0.3) is 0 Å². The lowest BCUT2D eigenvalue weighted by Crippen LogP contribution is -2.39. The van der Waals surface area contributed by atoms with Crippen LogP contribution in [-0.2, 0) is 6.42 Å². The van der Waals surface area contributed by atoms with Crippen molar-refractivity contribution in [3.63, 3.8) is 0 Å². The molecule has 0 unspecified atom stereocenters. The summed E-state index contributed by atoms with van der Waals surface area (Å²) in [5.74, 6) is -0.0416. The molecule has 5 heteroatoms. The summed E-state index contributed by atoms with van der Waals surface area (Å²) < 4.78 is 0. The van der Waals surface area contributed by atoms with Crippen molar-refractivity contribution in [1.82, 2.24) is 4.98 Å². The zero-order valence-corrected chi connectivity index (χ0v) is 13.5. The third kappa shape index (κ3) is 3.92. The van der Waals surface area contributed by atoms with Gasteiger partial charge in [-0.25, -0.2) is 9.78 Å². The Kier molecular flexibility index (Phi) is 5.11. The molecule has 3 rings (SSSR count). The monoisotopic (exact) mass is 326 g/mol. The number of carboxylic acid groups (broad SMARTS) is 1. The molecule has 1 saturated heterocycles. The molecule has 2 heterocycles. The molecule has 2 N–H and O–H groups in total. The number of benzene rings is 1. The lowest BCUT2D eigenvalue weighted by atomic mass is 9.88. The van der Waals surface area contributed by atoms with Gasteiger partial charge in [0.05, 0.1) is 6.10 Å². The van der Waals surface area contributed by atoms with E-state index in [1.165, 1.54) is 6.07 Å². The van der Waals surface area contributed by atoms with Crippen molar-refractivity contribution in [3.05, 3.63) is 59.8 Å². The number of anilines is 1. The molecule has 1 aliphatic heterocycles. The second kappa shape index (κ2) is 7.45. The van der Waals surface area contributed by atoms with Crippen molar-refractivity contribution in [2.75, 3.05) is 18.0 Å². The van der Waals surface area contributed by atoms with Crippen molar-refractivity contribution in [3.8, 4) is 0 Å². The summed E-state index contributed by atoms with van der Waals surface area (Å²) in [5.41, 5.74) is 1.22. The Bertz CT molecular complexity index is 682. The zero-order valence-electron chi connectivity index (χ0n) is 13.5. The zero-order chi connectivity index (χ0) is 16.9. The Morgan fingerprint density at radius 1 is 1.12 bits per heavy atom. The van der Waals surface area contributed by atoms with Gasteiger partial charge in [-0.3, -0.25) is 0 Å². The molecule has 0 aliphatic carbocycles. The molecule has 0 radical (unpaired) electrons. The second-order valence-corrected chi connectivity index (χ2v) is 6.27. The van der Waals surface area contributed by atoms with E-state index in [0.717, 1.165) is 31.5 Å². The molecule has 2 aromatic rings. The van der Waals surface area contributed by atoms with E-state index in [1.54, 1.807) is 6.07 Å². The summed E-state index contributed by atoms with van der Waals surface area (Å²) in [5, 5.41) is 19.5. The number of hydrogen-bond acceptors (Lipinski definition) is 4. The lowest BCUT2D eigenvalue weighted by Gasteiger charge is -2.35. The van der Waals surface area contributed by atoms with E-state index in [4.69, 9.17) is 5.11 Å². The minimum absolute atomic E-state index is 0.0683. The van der Waals surface area contributed by atoms with Crippen LogP contribution in [-0.4, -0.2) is 40.4 Å². The molecular formula is C19H22N2O3. The smallest absolute Gasteiger partial charge is 0.354 e. The number of hydrogen-bond donors (Lipinski definition) is 2. The highest BCUT2D eigenvalue weighted by Crippen LogP contribution is 2.26. The summed E-state index contributed by atoms with van der Waals surface area (Å²) in [7, 11) is 0. The average molecular weight is 326 g/mol. The maximum Gasteiger partial charge on any atom is 0.354 e. The molecule has 1 aromatic heterocycles. The molecule has 0 amide bonds. The van der Waals surface area contributed by atoms with Crippen molar-refractivity contribution in [2.24, 2.45) is 5.92 Å². The standard InChI is InChI=1S/C19H22N2O3/c22-17(13-14-5-2-1-3-6-14)15-9-11-21(12-10-15)18-8-4-7-16(20-18)19(23)24/h1-8,15,17,22H,9-13H2,(H,23,24)/t17-/m1/s1. The average Bonchev–Trinajstić information content (AvgIpc) is 2.63. The Balaban J connectivity index is 1.57. The van der Waals surface area contributed by atoms with E-state index in [9.17, 15) is 9.90 Å². The second-order valence-electron chi connectivity index (χ2n) is 6.27. The number of piperidine rings is 1. The number of aliphatic hydroxyl groups excluding tert-OH is 1. The fourth-order valence-electron chi connectivity index (χ4n) is 3.25. The highest BCUT2D eigenvalue weighted by molar-refractivity contribution is 5.85. The number of carbonyl (C=O) groups is 1. The Labute approximate surface area is 141 Å². The van der Waals surface area contributed by atoms with Gasteiger partial charge >= 0.3 is 5.97 Å². The normalized spacial score (nSPS) is 16.8. The van der Waals surface area contributed by atoms with E-state index in [1.807, 2.05) is 36.4 Å². The van der Waals surface area contributed by atoms with Crippen LogP contribution in [0.2, 0.25) is 0 Å². The van der Waals surface area contributed by atoms with Gasteiger partial charge in [-0.15, -0.1) is 0 Å². The first-order chi connectivity index (χ1) is 11.6. The number of pyridine rings is 1. The molecular weight excluding hydrogens is 304 g/mol. The van der Waals surface area contributed by atoms with E-state index < -0.39 is 5.97 Å². The summed E-state index contributed by atoms with van der Waals surface area (Å²) in [6, 6.07) is 15.1. The maximum absolute atomic E-state index is 11.0. The molecule has 0 saturated carbocycles. The minimum Gasteiger partial charge on any atom is -0.477 e. The molecule has 24 heavy (non-hydrogen) atoms. The quantitative estimate of drug-likeness (QED) is 0.883. The predicted molar refractivity (Wildman–Crippen MR) is 92.3 cm³/mol. The molecule has 5 nitrogen and oxygen atoms in total. The van der Waals surface area contributed by atoms with Crippen molar-refractivity contribution < 1.29 is 15.0 Å². The molecule has 1 fully saturated rings. The van der Waals surface area contributed by atoms with Crippen molar-refractivity contribution >= 4 is 11.8 Å². The Hall–Kier alpha value is -2.40. The topological polar surface area (TPSA) is 73.7 Å².